The Hall–Kier alpha value is -3.63. The third-order valence-electron chi connectivity index (χ3n) is 4.01. The number of benzene rings is 2. The molecule has 7 heteroatoms. The number of hydrogen-bond acceptors (Lipinski definition) is 7. The minimum absolute atomic E-state index is 0.0225. The normalized spacial score (nSPS) is 10.3. The summed E-state index contributed by atoms with van der Waals surface area (Å²) in [7, 11) is 0. The highest BCUT2D eigenvalue weighted by molar-refractivity contribution is 7.99. The van der Waals surface area contributed by atoms with Gasteiger partial charge in [-0.2, -0.15) is 0 Å². The first-order valence-electron chi connectivity index (χ1n) is 8.78. The summed E-state index contributed by atoms with van der Waals surface area (Å²) in [6, 6.07) is 16.8. The molecule has 142 valence electrons. The van der Waals surface area contributed by atoms with E-state index in [9.17, 15) is 4.79 Å². The number of carbonyl (C=O) groups excluding carboxylic acids is 1. The van der Waals surface area contributed by atoms with Crippen molar-refractivity contribution >= 4 is 28.5 Å². The van der Waals surface area contributed by atoms with E-state index in [2.05, 4.69) is 27.0 Å². The van der Waals surface area contributed by atoms with Gasteiger partial charge in [-0.3, -0.25) is 4.98 Å². The van der Waals surface area contributed by atoms with E-state index in [1.165, 1.54) is 11.8 Å². The molecule has 0 spiro atoms. The van der Waals surface area contributed by atoms with E-state index in [4.69, 9.17) is 9.15 Å². The fourth-order valence-electron chi connectivity index (χ4n) is 2.66. The molecule has 0 aliphatic heterocycles. The molecule has 29 heavy (non-hydrogen) atoms. The number of carbonyl (C=O) groups is 1. The smallest absolute Gasteiger partial charge is 0.339 e. The molecule has 0 unspecified atom stereocenters. The van der Waals surface area contributed by atoms with Crippen molar-refractivity contribution < 1.29 is 13.9 Å². The predicted octanol–water partition coefficient (Wildman–Crippen LogP) is 4.24. The van der Waals surface area contributed by atoms with Gasteiger partial charge in [0.15, 0.2) is 6.61 Å². The molecule has 0 saturated heterocycles. The molecule has 6 nitrogen and oxygen atoms in total. The zero-order chi connectivity index (χ0) is 19.9. The molecule has 4 aromatic rings. The number of pyridine rings is 1. The van der Waals surface area contributed by atoms with E-state index in [0.717, 1.165) is 16.3 Å². The molecule has 0 aliphatic carbocycles. The zero-order valence-corrected chi connectivity index (χ0v) is 16.1. The summed E-state index contributed by atoms with van der Waals surface area (Å²) in [5.74, 6) is 6.25. The highest BCUT2D eigenvalue weighted by Crippen LogP contribution is 2.22. The lowest BCUT2D eigenvalue weighted by molar-refractivity contribution is 0.0559. The van der Waals surface area contributed by atoms with E-state index < -0.39 is 0 Å². The summed E-state index contributed by atoms with van der Waals surface area (Å²) in [4.78, 5) is 16.3. The minimum atomic E-state index is -0.386. The Morgan fingerprint density at radius 3 is 2.72 bits per heavy atom. The second kappa shape index (κ2) is 9.04. The standard InChI is InChI=1S/C22H15N3O3S/c26-21(19-9-5-7-16-6-1-2-8-18(16)19)27-14-3-4-15-29-22-25-24-20(28-22)17-10-12-23-13-11-17/h1-2,5-13H,14-15H2. The molecule has 0 bridgehead atoms. The first-order valence-corrected chi connectivity index (χ1v) is 9.77. The summed E-state index contributed by atoms with van der Waals surface area (Å²) in [5, 5.41) is 10.3. The molecule has 2 aromatic carbocycles. The molecule has 0 radical (unpaired) electrons. The fraction of sp³-hybridized carbons (Fsp3) is 0.0909. The zero-order valence-electron chi connectivity index (χ0n) is 15.2. The first kappa shape index (κ1) is 18.7. The Kier molecular flexibility index (Phi) is 5.84. The Morgan fingerprint density at radius 2 is 1.83 bits per heavy atom. The molecule has 0 fully saturated rings. The molecule has 0 atom stereocenters. The number of nitrogens with zero attached hydrogens (tertiary/aromatic N) is 3. The first-order chi connectivity index (χ1) is 14.3. The number of ether oxygens (including phenoxy) is 1. The van der Waals surface area contributed by atoms with Gasteiger partial charge in [0.25, 0.3) is 5.22 Å². The van der Waals surface area contributed by atoms with E-state index in [1.807, 2.05) is 36.4 Å². The van der Waals surface area contributed by atoms with Crippen LogP contribution in [0.15, 0.2) is 76.6 Å². The van der Waals surface area contributed by atoms with Crippen molar-refractivity contribution in [1.82, 2.24) is 15.2 Å². The number of hydrogen-bond donors (Lipinski definition) is 0. The van der Waals surface area contributed by atoms with Gasteiger partial charge < -0.3 is 9.15 Å². The van der Waals surface area contributed by atoms with Crippen LogP contribution in [0, 0.1) is 11.8 Å². The topological polar surface area (TPSA) is 78.1 Å². The Labute approximate surface area is 171 Å². The van der Waals surface area contributed by atoms with Gasteiger partial charge >= 0.3 is 5.97 Å². The van der Waals surface area contributed by atoms with Gasteiger partial charge in [-0.15, -0.1) is 10.2 Å². The predicted molar refractivity (Wildman–Crippen MR) is 110 cm³/mol. The highest BCUT2D eigenvalue weighted by atomic mass is 32.2. The van der Waals surface area contributed by atoms with Crippen molar-refractivity contribution in [2.75, 3.05) is 12.4 Å². The second-order valence-electron chi connectivity index (χ2n) is 5.85. The quantitative estimate of drug-likeness (QED) is 0.281. The largest absolute Gasteiger partial charge is 0.449 e. The van der Waals surface area contributed by atoms with Crippen LogP contribution < -0.4 is 0 Å². The van der Waals surface area contributed by atoms with Gasteiger partial charge in [0.05, 0.1) is 11.3 Å². The molecular weight excluding hydrogens is 386 g/mol. The molecule has 0 amide bonds. The number of esters is 1. The van der Waals surface area contributed by atoms with Crippen molar-refractivity contribution in [2.24, 2.45) is 0 Å². The maximum absolute atomic E-state index is 12.3. The SMILES string of the molecule is O=C(OCC#CCSc1nnc(-c2ccncc2)o1)c1cccc2ccccc12. The summed E-state index contributed by atoms with van der Waals surface area (Å²) >= 11 is 1.32. The van der Waals surface area contributed by atoms with Crippen molar-refractivity contribution in [1.29, 1.82) is 0 Å². The number of fused-ring (bicyclic) bond motifs is 1. The Morgan fingerprint density at radius 1 is 1.00 bits per heavy atom. The molecule has 0 aliphatic rings. The lowest BCUT2D eigenvalue weighted by Gasteiger charge is -2.05. The average Bonchev–Trinajstić information content (AvgIpc) is 3.25. The molecule has 2 aromatic heterocycles. The highest BCUT2D eigenvalue weighted by Gasteiger charge is 2.10. The van der Waals surface area contributed by atoms with Crippen molar-refractivity contribution in [2.45, 2.75) is 5.22 Å². The second-order valence-corrected chi connectivity index (χ2v) is 6.78. The summed E-state index contributed by atoms with van der Waals surface area (Å²) in [6.07, 6.45) is 3.33. The lowest BCUT2D eigenvalue weighted by atomic mass is 10.1. The number of thioether (sulfide) groups is 1. The van der Waals surface area contributed by atoms with Crippen LogP contribution in [0.1, 0.15) is 10.4 Å². The average molecular weight is 401 g/mol. The number of rotatable bonds is 5. The maximum Gasteiger partial charge on any atom is 0.339 e. The van der Waals surface area contributed by atoms with E-state index in [0.29, 0.717) is 22.4 Å². The number of aromatic nitrogens is 3. The monoisotopic (exact) mass is 401 g/mol. The van der Waals surface area contributed by atoms with Gasteiger partial charge in [0.1, 0.15) is 0 Å². The molecule has 0 saturated carbocycles. The van der Waals surface area contributed by atoms with Crippen LogP contribution >= 0.6 is 11.8 Å². The Balaban J connectivity index is 1.28. The van der Waals surface area contributed by atoms with Gasteiger partial charge in [-0.05, 0) is 29.0 Å². The van der Waals surface area contributed by atoms with Crippen LogP contribution in [0.25, 0.3) is 22.2 Å². The van der Waals surface area contributed by atoms with Crippen LogP contribution in [-0.4, -0.2) is 33.5 Å². The van der Waals surface area contributed by atoms with Gasteiger partial charge in [0.2, 0.25) is 5.89 Å². The molecule has 4 rings (SSSR count). The van der Waals surface area contributed by atoms with Gasteiger partial charge in [-0.1, -0.05) is 60.0 Å². The summed E-state index contributed by atoms with van der Waals surface area (Å²) in [6.45, 7) is 0.0225. The van der Waals surface area contributed by atoms with E-state index in [1.54, 1.807) is 30.6 Å². The van der Waals surface area contributed by atoms with E-state index in [-0.39, 0.29) is 12.6 Å². The van der Waals surface area contributed by atoms with Gasteiger partial charge in [-0.25, -0.2) is 4.79 Å². The van der Waals surface area contributed by atoms with Crippen LogP contribution in [0.5, 0.6) is 0 Å². The third kappa shape index (κ3) is 4.62. The van der Waals surface area contributed by atoms with Crippen molar-refractivity contribution in [3.8, 4) is 23.3 Å². The summed E-state index contributed by atoms with van der Waals surface area (Å²) < 4.78 is 10.8. The van der Waals surface area contributed by atoms with Crippen LogP contribution in [-0.2, 0) is 4.74 Å². The van der Waals surface area contributed by atoms with Gasteiger partial charge in [0, 0.05) is 18.0 Å². The van der Waals surface area contributed by atoms with Crippen LogP contribution in [0.2, 0.25) is 0 Å². The van der Waals surface area contributed by atoms with Crippen molar-refractivity contribution in [3.63, 3.8) is 0 Å². The van der Waals surface area contributed by atoms with E-state index >= 15 is 0 Å². The van der Waals surface area contributed by atoms with Crippen LogP contribution in [0.3, 0.4) is 0 Å². The molecular formula is C22H15N3O3S. The molecule has 2 heterocycles. The third-order valence-corrected chi connectivity index (χ3v) is 4.71. The fourth-order valence-corrected chi connectivity index (χ4v) is 3.20. The Bertz CT molecular complexity index is 1190. The summed E-state index contributed by atoms with van der Waals surface area (Å²) in [5.41, 5.74) is 1.35. The molecule has 0 N–H and O–H groups in total. The van der Waals surface area contributed by atoms with Crippen molar-refractivity contribution in [3.05, 3.63) is 72.6 Å². The maximum atomic E-state index is 12.3. The lowest BCUT2D eigenvalue weighted by Crippen LogP contribution is -2.06. The van der Waals surface area contributed by atoms with Crippen LogP contribution in [0.4, 0.5) is 0 Å². The minimum Gasteiger partial charge on any atom is -0.449 e.